The van der Waals surface area contributed by atoms with E-state index < -0.39 is 17.9 Å². The summed E-state index contributed by atoms with van der Waals surface area (Å²) in [5.74, 6) is -0.928. The maximum atomic E-state index is 14.1. The SMILES string of the molecule is O=C1/C=C(\O)CC(F)Cc2cccc(n2)-c2[c-]c(ccc2)O[B]O1.[Ir]. The number of rotatable bonds is 0. The minimum Gasteiger partial charge on any atom is -0.542 e. The Hall–Kier alpha value is -2.18. The maximum absolute atomic E-state index is 14.1. The standard InChI is InChI=1S/C17H13BFNO4.Ir/c19-12-8-13-4-2-6-16(20-13)11-3-1-5-15(7-11)23-18-24-17(22)10-14(21)9-12;/h1-6,10,12,21H,8-9H2;/q-1;/b14-10-;. The molecule has 0 aliphatic carbocycles. The number of aromatic nitrogens is 1. The molecule has 0 amide bonds. The number of hydrogen-bond acceptors (Lipinski definition) is 5. The van der Waals surface area contributed by atoms with Gasteiger partial charge in [0.1, 0.15) is 11.9 Å². The number of pyridine rings is 1. The Morgan fingerprint density at radius 3 is 2.84 bits per heavy atom. The van der Waals surface area contributed by atoms with E-state index in [1.165, 1.54) is 0 Å². The van der Waals surface area contributed by atoms with Crippen LogP contribution in [0.25, 0.3) is 11.3 Å². The summed E-state index contributed by atoms with van der Waals surface area (Å²) in [5.41, 5.74) is 1.83. The van der Waals surface area contributed by atoms with Crippen molar-refractivity contribution in [2.45, 2.75) is 19.0 Å². The van der Waals surface area contributed by atoms with Crippen molar-refractivity contribution in [3.8, 4) is 17.0 Å². The molecule has 0 saturated heterocycles. The van der Waals surface area contributed by atoms with Crippen LogP contribution in [-0.2, 0) is 36.0 Å². The molecule has 0 fully saturated rings. The molecule has 1 N–H and O–H groups in total. The van der Waals surface area contributed by atoms with E-state index in [9.17, 15) is 14.3 Å². The number of fused-ring (bicyclic) bond motifs is 5. The van der Waals surface area contributed by atoms with Gasteiger partial charge in [-0.2, -0.15) is 0 Å². The number of alkyl halides is 1. The van der Waals surface area contributed by atoms with E-state index in [4.69, 9.17) is 4.65 Å². The molecule has 4 bridgehead atoms. The number of halogens is 1. The molecule has 2 heterocycles. The second-order valence-electron chi connectivity index (χ2n) is 5.24. The molecular formula is C17H13BFIrNO4-. The molecular weight excluding hydrogens is 504 g/mol. The molecule has 1 unspecified atom stereocenters. The Morgan fingerprint density at radius 1 is 1.20 bits per heavy atom. The molecule has 1 aromatic carbocycles. The van der Waals surface area contributed by atoms with E-state index in [-0.39, 0.29) is 32.9 Å². The van der Waals surface area contributed by atoms with E-state index in [0.29, 0.717) is 22.7 Å². The third-order valence-corrected chi connectivity index (χ3v) is 3.34. The van der Waals surface area contributed by atoms with Crippen LogP contribution in [0.3, 0.4) is 0 Å². The van der Waals surface area contributed by atoms with Gasteiger partial charge in [-0.05, 0) is 11.8 Å². The fourth-order valence-corrected chi connectivity index (χ4v) is 2.29. The number of carbonyl (C=O) groups is 1. The van der Waals surface area contributed by atoms with Gasteiger partial charge >= 0.3 is 13.7 Å². The molecule has 25 heavy (non-hydrogen) atoms. The summed E-state index contributed by atoms with van der Waals surface area (Å²) >= 11 is 0. The fourth-order valence-electron chi connectivity index (χ4n) is 2.29. The predicted molar refractivity (Wildman–Crippen MR) is 84.9 cm³/mol. The van der Waals surface area contributed by atoms with Crippen LogP contribution in [0.15, 0.2) is 48.2 Å². The molecule has 0 saturated carbocycles. The Labute approximate surface area is 158 Å². The van der Waals surface area contributed by atoms with Crippen molar-refractivity contribution in [1.29, 1.82) is 0 Å². The smallest absolute Gasteiger partial charge is 0.542 e. The summed E-state index contributed by atoms with van der Waals surface area (Å²) in [6.07, 6.45) is -0.849. The molecule has 2 aromatic rings. The van der Waals surface area contributed by atoms with Gasteiger partial charge in [0.15, 0.2) is 0 Å². The van der Waals surface area contributed by atoms with E-state index in [2.05, 4.69) is 15.7 Å². The van der Waals surface area contributed by atoms with Crippen LogP contribution in [0.1, 0.15) is 12.1 Å². The number of benzene rings is 1. The van der Waals surface area contributed by atoms with Crippen molar-refractivity contribution in [2.24, 2.45) is 0 Å². The molecule has 8 heteroatoms. The summed E-state index contributed by atoms with van der Waals surface area (Å²) in [4.78, 5) is 15.9. The Kier molecular flexibility index (Phi) is 6.73. The normalized spacial score (nSPS) is 19.5. The van der Waals surface area contributed by atoms with Gasteiger partial charge in [0.25, 0.3) is 0 Å². The van der Waals surface area contributed by atoms with Crippen LogP contribution in [0, 0.1) is 6.07 Å². The Bertz CT molecular complexity index is 787. The summed E-state index contributed by atoms with van der Waals surface area (Å²) in [6, 6.07) is 13.4. The van der Waals surface area contributed by atoms with Crippen molar-refractivity contribution >= 4 is 13.7 Å². The zero-order valence-corrected chi connectivity index (χ0v) is 15.3. The first-order chi connectivity index (χ1) is 11.6. The molecule has 2 radical (unpaired) electrons. The second kappa shape index (κ2) is 8.78. The van der Waals surface area contributed by atoms with Crippen LogP contribution < -0.4 is 4.65 Å². The molecule has 3 rings (SSSR count). The van der Waals surface area contributed by atoms with Crippen LogP contribution >= 0.6 is 0 Å². The minimum absolute atomic E-state index is 0. The molecule has 0 spiro atoms. The van der Waals surface area contributed by atoms with Crippen molar-refractivity contribution < 1.29 is 43.7 Å². The topological polar surface area (TPSA) is 68.7 Å². The first kappa shape index (κ1) is 19.2. The summed E-state index contributed by atoms with van der Waals surface area (Å²) in [7, 11) is 0.831. The van der Waals surface area contributed by atoms with Crippen LogP contribution in [-0.4, -0.2) is 29.9 Å². The minimum atomic E-state index is -1.38. The number of aliphatic hydroxyl groups excluding tert-OH is 1. The predicted octanol–water partition coefficient (Wildman–Crippen LogP) is 2.73. The molecule has 1 aliphatic heterocycles. The maximum Gasteiger partial charge on any atom is 0.659 e. The Morgan fingerprint density at radius 2 is 2.00 bits per heavy atom. The summed E-state index contributed by atoms with van der Waals surface area (Å²) in [6.45, 7) is 0. The van der Waals surface area contributed by atoms with E-state index >= 15 is 0 Å². The summed E-state index contributed by atoms with van der Waals surface area (Å²) in [5, 5.41) is 9.65. The van der Waals surface area contributed by atoms with Gasteiger partial charge in [-0.15, -0.1) is 23.8 Å². The number of hydrogen-bond donors (Lipinski definition) is 1. The van der Waals surface area contributed by atoms with E-state index in [0.717, 1.165) is 13.8 Å². The molecule has 1 aliphatic rings. The summed E-state index contributed by atoms with van der Waals surface area (Å²) < 4.78 is 24.0. The molecule has 5 nitrogen and oxygen atoms in total. The van der Waals surface area contributed by atoms with Crippen LogP contribution in [0.2, 0.25) is 0 Å². The van der Waals surface area contributed by atoms with Gasteiger partial charge in [-0.3, -0.25) is 0 Å². The molecule has 1 atom stereocenters. The number of aliphatic hydroxyl groups is 1. The average molecular weight is 517 g/mol. The van der Waals surface area contributed by atoms with E-state index in [1.807, 2.05) is 0 Å². The number of carbonyl (C=O) groups excluding carboxylic acids is 1. The first-order valence-corrected chi connectivity index (χ1v) is 7.31. The van der Waals surface area contributed by atoms with Gasteiger partial charge in [0, 0.05) is 44.4 Å². The number of allylic oxidation sites excluding steroid dienone is 1. The third-order valence-electron chi connectivity index (χ3n) is 3.34. The second-order valence-corrected chi connectivity index (χ2v) is 5.24. The van der Waals surface area contributed by atoms with Gasteiger partial charge in [0.05, 0.1) is 6.08 Å². The third kappa shape index (κ3) is 5.41. The van der Waals surface area contributed by atoms with Gasteiger partial charge in [-0.1, -0.05) is 18.2 Å². The largest absolute Gasteiger partial charge is 0.659 e. The molecule has 130 valence electrons. The van der Waals surface area contributed by atoms with Gasteiger partial charge in [0.2, 0.25) is 0 Å². The van der Waals surface area contributed by atoms with Gasteiger partial charge in [-0.25, -0.2) is 9.18 Å². The van der Waals surface area contributed by atoms with Crippen LogP contribution in [0.4, 0.5) is 4.39 Å². The fraction of sp³-hybridized carbons (Fsp3) is 0.176. The van der Waals surface area contributed by atoms with E-state index in [1.54, 1.807) is 36.4 Å². The zero-order chi connectivity index (χ0) is 16.9. The quantitative estimate of drug-likeness (QED) is 0.430. The van der Waals surface area contributed by atoms with Crippen molar-refractivity contribution in [3.05, 3.63) is 60.0 Å². The first-order valence-electron chi connectivity index (χ1n) is 7.31. The van der Waals surface area contributed by atoms with Crippen molar-refractivity contribution in [3.63, 3.8) is 0 Å². The van der Waals surface area contributed by atoms with Crippen LogP contribution in [0.5, 0.6) is 5.75 Å². The molecule has 1 aromatic heterocycles. The van der Waals surface area contributed by atoms with Crippen molar-refractivity contribution in [1.82, 2.24) is 4.98 Å². The van der Waals surface area contributed by atoms with Crippen molar-refractivity contribution in [2.75, 3.05) is 0 Å². The average Bonchev–Trinajstić information content (AvgIpc) is 2.54. The number of nitrogens with zero attached hydrogens (tertiary/aromatic N) is 1. The zero-order valence-electron chi connectivity index (χ0n) is 12.9. The monoisotopic (exact) mass is 518 g/mol. The van der Waals surface area contributed by atoms with Gasteiger partial charge < -0.3 is 19.4 Å². The Balaban J connectivity index is 0.00000225.